The number of hydrogen-bond acceptors (Lipinski definition) is 4. The van der Waals surface area contributed by atoms with E-state index in [1.165, 1.54) is 6.07 Å². The molecule has 0 N–H and O–H groups in total. The van der Waals surface area contributed by atoms with Gasteiger partial charge >= 0.3 is 5.69 Å². The van der Waals surface area contributed by atoms with Gasteiger partial charge in [0.2, 0.25) is 0 Å². The van der Waals surface area contributed by atoms with Crippen LogP contribution in [0.5, 0.6) is 5.75 Å². The summed E-state index contributed by atoms with van der Waals surface area (Å²) in [6.07, 6.45) is 0.612. The fourth-order valence-corrected chi connectivity index (χ4v) is 1.79. The van der Waals surface area contributed by atoms with Crippen LogP contribution in [0.15, 0.2) is 18.2 Å². The number of nitro benzene ring substituents is 1. The number of ether oxygens (including phenoxy) is 2. The average Bonchev–Trinajstić information content (AvgIpc) is 2.70. The second-order valence-corrected chi connectivity index (χ2v) is 3.85. The molecule has 1 unspecified atom stereocenters. The van der Waals surface area contributed by atoms with Gasteiger partial charge in [-0.3, -0.25) is 10.1 Å². The van der Waals surface area contributed by atoms with Crippen LogP contribution < -0.4 is 4.74 Å². The van der Waals surface area contributed by atoms with Crippen molar-refractivity contribution in [3.63, 3.8) is 0 Å². The first-order chi connectivity index (χ1) is 7.68. The first-order valence-electron chi connectivity index (χ1n) is 4.86. The van der Waals surface area contributed by atoms with Crippen LogP contribution in [0.4, 0.5) is 5.69 Å². The van der Waals surface area contributed by atoms with Gasteiger partial charge in [-0.1, -0.05) is 17.7 Å². The highest BCUT2D eigenvalue weighted by Gasteiger charge is 2.24. The standard InChI is InChI=1S/C10H10ClNO4/c11-8-2-1-3-9(10(8)12(13)14)16-7-4-5-15-6-7/h1-3,7H,4-6H2. The van der Waals surface area contributed by atoms with Gasteiger partial charge in [0.05, 0.1) is 18.1 Å². The molecule has 1 fully saturated rings. The van der Waals surface area contributed by atoms with E-state index in [9.17, 15) is 10.1 Å². The lowest BCUT2D eigenvalue weighted by Crippen LogP contribution is -2.16. The van der Waals surface area contributed by atoms with Gasteiger partial charge in [0, 0.05) is 6.42 Å². The molecule has 2 rings (SSSR count). The van der Waals surface area contributed by atoms with E-state index < -0.39 is 4.92 Å². The van der Waals surface area contributed by atoms with Crippen molar-refractivity contribution in [3.05, 3.63) is 33.3 Å². The summed E-state index contributed by atoms with van der Waals surface area (Å²) < 4.78 is 10.6. The SMILES string of the molecule is O=[N+]([O-])c1c(Cl)cccc1OC1CCOC1. The van der Waals surface area contributed by atoms with E-state index >= 15 is 0 Å². The Morgan fingerprint density at radius 3 is 3.00 bits per heavy atom. The number of benzene rings is 1. The zero-order chi connectivity index (χ0) is 11.5. The Balaban J connectivity index is 2.25. The molecule has 5 nitrogen and oxygen atoms in total. The van der Waals surface area contributed by atoms with Crippen molar-refractivity contribution in [2.75, 3.05) is 13.2 Å². The van der Waals surface area contributed by atoms with Crippen molar-refractivity contribution in [2.24, 2.45) is 0 Å². The van der Waals surface area contributed by atoms with E-state index in [-0.39, 0.29) is 22.6 Å². The minimum Gasteiger partial charge on any atom is -0.481 e. The van der Waals surface area contributed by atoms with Gasteiger partial charge < -0.3 is 9.47 Å². The molecule has 16 heavy (non-hydrogen) atoms. The lowest BCUT2D eigenvalue weighted by Gasteiger charge is -2.11. The van der Waals surface area contributed by atoms with Crippen LogP contribution in [0.1, 0.15) is 6.42 Å². The lowest BCUT2D eigenvalue weighted by molar-refractivity contribution is -0.385. The molecule has 0 radical (unpaired) electrons. The van der Waals surface area contributed by atoms with Crippen molar-refractivity contribution in [3.8, 4) is 5.75 Å². The highest BCUT2D eigenvalue weighted by molar-refractivity contribution is 6.32. The Bertz CT molecular complexity index is 404. The van der Waals surface area contributed by atoms with Crippen molar-refractivity contribution < 1.29 is 14.4 Å². The van der Waals surface area contributed by atoms with Crippen molar-refractivity contribution in [1.29, 1.82) is 0 Å². The van der Waals surface area contributed by atoms with E-state index in [0.717, 1.165) is 6.42 Å². The largest absolute Gasteiger partial charge is 0.481 e. The maximum atomic E-state index is 10.8. The fourth-order valence-electron chi connectivity index (χ4n) is 1.55. The van der Waals surface area contributed by atoms with Crippen LogP contribution in [0, 0.1) is 10.1 Å². The van der Waals surface area contributed by atoms with Gasteiger partial charge in [-0.25, -0.2) is 0 Å². The van der Waals surface area contributed by atoms with Gasteiger partial charge in [-0.15, -0.1) is 0 Å². The average molecular weight is 244 g/mol. The molecular formula is C10H10ClNO4. The fraction of sp³-hybridized carbons (Fsp3) is 0.400. The van der Waals surface area contributed by atoms with E-state index in [0.29, 0.717) is 13.2 Å². The summed E-state index contributed by atoms with van der Waals surface area (Å²) in [4.78, 5) is 10.3. The number of hydrogen-bond donors (Lipinski definition) is 0. The zero-order valence-electron chi connectivity index (χ0n) is 8.39. The van der Waals surface area contributed by atoms with E-state index in [4.69, 9.17) is 21.1 Å². The molecule has 1 aromatic carbocycles. The summed E-state index contributed by atoms with van der Waals surface area (Å²) in [5, 5.41) is 10.9. The second kappa shape index (κ2) is 4.67. The quantitative estimate of drug-likeness (QED) is 0.604. The normalized spacial score (nSPS) is 19.7. The van der Waals surface area contributed by atoms with Gasteiger partial charge in [0.25, 0.3) is 0 Å². The Morgan fingerprint density at radius 1 is 1.56 bits per heavy atom. The molecule has 0 spiro atoms. The maximum absolute atomic E-state index is 10.8. The number of para-hydroxylation sites is 1. The van der Waals surface area contributed by atoms with Crippen LogP contribution in [0.25, 0.3) is 0 Å². The van der Waals surface area contributed by atoms with Gasteiger partial charge in [0.1, 0.15) is 11.1 Å². The summed E-state index contributed by atoms with van der Waals surface area (Å²) in [5.41, 5.74) is -0.184. The highest BCUT2D eigenvalue weighted by Crippen LogP contribution is 2.35. The minimum absolute atomic E-state index is 0.0846. The van der Waals surface area contributed by atoms with E-state index in [1.54, 1.807) is 12.1 Å². The van der Waals surface area contributed by atoms with Crippen LogP contribution in [0.2, 0.25) is 5.02 Å². The first-order valence-corrected chi connectivity index (χ1v) is 5.23. The monoisotopic (exact) mass is 243 g/mol. The van der Waals surface area contributed by atoms with Gasteiger partial charge in [-0.05, 0) is 12.1 Å². The topological polar surface area (TPSA) is 61.6 Å². The van der Waals surface area contributed by atoms with Gasteiger partial charge in [-0.2, -0.15) is 0 Å². The second-order valence-electron chi connectivity index (χ2n) is 3.45. The molecule has 1 atom stereocenters. The Labute approximate surface area is 97.1 Å². The van der Waals surface area contributed by atoms with Crippen LogP contribution in [0.3, 0.4) is 0 Å². The third kappa shape index (κ3) is 2.25. The summed E-state index contributed by atoms with van der Waals surface area (Å²) in [6, 6.07) is 4.64. The van der Waals surface area contributed by atoms with Crippen molar-refractivity contribution in [2.45, 2.75) is 12.5 Å². The predicted molar refractivity (Wildman–Crippen MR) is 58.0 cm³/mol. The van der Waals surface area contributed by atoms with Crippen LogP contribution in [-0.2, 0) is 4.74 Å². The first kappa shape index (κ1) is 11.2. The van der Waals surface area contributed by atoms with Crippen LogP contribution in [-0.4, -0.2) is 24.2 Å². The summed E-state index contributed by atoms with van der Waals surface area (Å²) in [5.74, 6) is 0.202. The smallest absolute Gasteiger partial charge is 0.329 e. The molecule has 0 saturated carbocycles. The molecule has 1 aliphatic rings. The Hall–Kier alpha value is -1.33. The summed E-state index contributed by atoms with van der Waals surface area (Å²) >= 11 is 5.76. The third-order valence-corrected chi connectivity index (χ3v) is 2.62. The molecule has 86 valence electrons. The highest BCUT2D eigenvalue weighted by atomic mass is 35.5. The lowest BCUT2D eigenvalue weighted by atomic mass is 10.2. The number of halogens is 1. The number of nitro groups is 1. The third-order valence-electron chi connectivity index (χ3n) is 2.31. The molecule has 0 amide bonds. The molecule has 0 aromatic heterocycles. The zero-order valence-corrected chi connectivity index (χ0v) is 9.14. The molecule has 0 aliphatic carbocycles. The van der Waals surface area contributed by atoms with Crippen LogP contribution >= 0.6 is 11.6 Å². The molecule has 0 bridgehead atoms. The molecule has 1 aromatic rings. The van der Waals surface area contributed by atoms with Gasteiger partial charge in [0.15, 0.2) is 5.75 Å². The van der Waals surface area contributed by atoms with E-state index in [1.807, 2.05) is 0 Å². The van der Waals surface area contributed by atoms with Crippen molar-refractivity contribution in [1.82, 2.24) is 0 Å². The minimum atomic E-state index is -0.534. The summed E-state index contributed by atoms with van der Waals surface area (Å²) in [7, 11) is 0. The Kier molecular flexibility index (Phi) is 3.26. The van der Waals surface area contributed by atoms with Crippen molar-refractivity contribution >= 4 is 17.3 Å². The molecule has 1 saturated heterocycles. The predicted octanol–water partition coefficient (Wildman–Crippen LogP) is 2.42. The summed E-state index contributed by atoms with van der Waals surface area (Å²) in [6.45, 7) is 1.09. The Morgan fingerprint density at radius 2 is 2.38 bits per heavy atom. The molecule has 1 heterocycles. The molecule has 1 aliphatic heterocycles. The number of rotatable bonds is 3. The molecular weight excluding hydrogens is 234 g/mol. The maximum Gasteiger partial charge on any atom is 0.329 e. The number of nitrogens with zero attached hydrogens (tertiary/aromatic N) is 1. The molecule has 6 heteroatoms. The van der Waals surface area contributed by atoms with E-state index in [2.05, 4.69) is 0 Å².